The fraction of sp³-hybridized carbons (Fsp3) is 0.333. The van der Waals surface area contributed by atoms with E-state index in [2.05, 4.69) is 10.1 Å². The third-order valence-corrected chi connectivity index (χ3v) is 2.32. The van der Waals surface area contributed by atoms with Gasteiger partial charge in [-0.2, -0.15) is 0 Å². The molecule has 18 heavy (non-hydrogen) atoms. The average molecular weight is 255 g/mol. The van der Waals surface area contributed by atoms with E-state index in [1.54, 1.807) is 0 Å². The quantitative estimate of drug-likeness (QED) is 0.819. The molecule has 1 rings (SSSR count). The van der Waals surface area contributed by atoms with E-state index in [1.165, 1.54) is 33.3 Å². The molecule has 5 nitrogen and oxygen atoms in total. The number of carbonyl (C=O) groups excluding carboxylic acids is 2. The molecule has 1 amide bonds. The van der Waals surface area contributed by atoms with Crippen LogP contribution in [-0.2, 0) is 9.53 Å². The van der Waals surface area contributed by atoms with Crippen LogP contribution in [0.1, 0.15) is 17.3 Å². The molecule has 0 aromatic heterocycles. The summed E-state index contributed by atoms with van der Waals surface area (Å²) in [4.78, 5) is 22.8. The Hall–Kier alpha value is -2.11. The van der Waals surface area contributed by atoms with Crippen molar-refractivity contribution in [2.45, 2.75) is 13.0 Å². The monoisotopic (exact) mass is 255 g/mol. The SMILES string of the molecule is COC(=O)C(C)NC(=O)c1ccc(OC)c(F)c1. The molecule has 0 fully saturated rings. The summed E-state index contributed by atoms with van der Waals surface area (Å²) < 4.78 is 22.6. The second-order valence-electron chi connectivity index (χ2n) is 3.57. The lowest BCUT2D eigenvalue weighted by Gasteiger charge is -2.11. The zero-order valence-corrected chi connectivity index (χ0v) is 10.3. The van der Waals surface area contributed by atoms with Crippen molar-refractivity contribution in [1.29, 1.82) is 0 Å². The van der Waals surface area contributed by atoms with Crippen molar-refractivity contribution in [2.24, 2.45) is 0 Å². The molecular formula is C12H14FNO4. The van der Waals surface area contributed by atoms with E-state index in [1.807, 2.05) is 0 Å². The fourth-order valence-corrected chi connectivity index (χ4v) is 1.32. The highest BCUT2D eigenvalue weighted by molar-refractivity contribution is 5.96. The first-order valence-corrected chi connectivity index (χ1v) is 5.21. The molecule has 98 valence electrons. The number of halogens is 1. The average Bonchev–Trinajstić information content (AvgIpc) is 2.37. The molecule has 0 aliphatic rings. The van der Waals surface area contributed by atoms with Crippen molar-refractivity contribution < 1.29 is 23.5 Å². The second kappa shape index (κ2) is 6.00. The first-order chi connectivity index (χ1) is 8.49. The molecule has 0 aliphatic carbocycles. The summed E-state index contributed by atoms with van der Waals surface area (Å²) in [6, 6.07) is 2.99. The third-order valence-electron chi connectivity index (χ3n) is 2.32. The molecule has 0 aliphatic heterocycles. The molecule has 1 aromatic rings. The lowest BCUT2D eigenvalue weighted by Crippen LogP contribution is -2.39. The molecule has 0 spiro atoms. The molecule has 1 aromatic carbocycles. The van der Waals surface area contributed by atoms with Gasteiger partial charge >= 0.3 is 5.97 Å². The van der Waals surface area contributed by atoms with E-state index in [4.69, 9.17) is 4.74 Å². The third kappa shape index (κ3) is 3.19. The first-order valence-electron chi connectivity index (χ1n) is 5.21. The van der Waals surface area contributed by atoms with E-state index in [0.717, 1.165) is 6.07 Å². The number of benzene rings is 1. The van der Waals surface area contributed by atoms with Crippen molar-refractivity contribution in [3.05, 3.63) is 29.6 Å². The molecule has 1 unspecified atom stereocenters. The van der Waals surface area contributed by atoms with Crippen LogP contribution in [0, 0.1) is 5.82 Å². The maximum atomic E-state index is 13.4. The zero-order chi connectivity index (χ0) is 13.7. The minimum absolute atomic E-state index is 0.0487. The van der Waals surface area contributed by atoms with Crippen LogP contribution < -0.4 is 10.1 Å². The molecule has 1 N–H and O–H groups in total. The van der Waals surface area contributed by atoms with Gasteiger partial charge in [0.15, 0.2) is 11.6 Å². The number of carbonyl (C=O) groups is 2. The Morgan fingerprint density at radius 3 is 2.50 bits per heavy atom. The number of methoxy groups -OCH3 is 2. The van der Waals surface area contributed by atoms with Gasteiger partial charge < -0.3 is 14.8 Å². The fourth-order valence-electron chi connectivity index (χ4n) is 1.32. The lowest BCUT2D eigenvalue weighted by molar-refractivity contribution is -0.142. The molecule has 0 saturated carbocycles. The van der Waals surface area contributed by atoms with Gasteiger partial charge in [-0.15, -0.1) is 0 Å². The normalized spacial score (nSPS) is 11.6. The number of ether oxygens (including phenoxy) is 2. The zero-order valence-electron chi connectivity index (χ0n) is 10.3. The van der Waals surface area contributed by atoms with Crippen molar-refractivity contribution in [2.75, 3.05) is 14.2 Å². The number of rotatable bonds is 4. The van der Waals surface area contributed by atoms with Gasteiger partial charge in [-0.05, 0) is 25.1 Å². The van der Waals surface area contributed by atoms with E-state index in [9.17, 15) is 14.0 Å². The summed E-state index contributed by atoms with van der Waals surface area (Å²) >= 11 is 0. The van der Waals surface area contributed by atoms with Crippen LogP contribution in [0.4, 0.5) is 4.39 Å². The van der Waals surface area contributed by atoms with Crippen LogP contribution in [0.2, 0.25) is 0 Å². The van der Waals surface area contributed by atoms with Crippen LogP contribution in [0.3, 0.4) is 0 Å². The number of hydrogen-bond donors (Lipinski definition) is 1. The van der Waals surface area contributed by atoms with Crippen LogP contribution in [0.15, 0.2) is 18.2 Å². The summed E-state index contributed by atoms with van der Waals surface area (Å²) in [6.07, 6.45) is 0. The Labute approximate surface area is 104 Å². The van der Waals surface area contributed by atoms with Crippen molar-refractivity contribution in [3.63, 3.8) is 0 Å². The Kier molecular flexibility index (Phi) is 4.65. The number of esters is 1. The van der Waals surface area contributed by atoms with Gasteiger partial charge in [-0.3, -0.25) is 4.79 Å². The minimum Gasteiger partial charge on any atom is -0.494 e. The van der Waals surface area contributed by atoms with Gasteiger partial charge in [0.25, 0.3) is 5.91 Å². The Balaban J connectivity index is 2.79. The number of nitrogens with one attached hydrogen (secondary N) is 1. The molecule has 0 bridgehead atoms. The van der Waals surface area contributed by atoms with Crippen LogP contribution in [-0.4, -0.2) is 32.1 Å². The first kappa shape index (κ1) is 14.0. The lowest BCUT2D eigenvalue weighted by atomic mass is 10.2. The summed E-state index contributed by atoms with van der Waals surface area (Å²) in [5, 5.41) is 2.39. The van der Waals surface area contributed by atoms with Crippen molar-refractivity contribution in [1.82, 2.24) is 5.32 Å². The molecule has 6 heteroatoms. The molecule has 0 radical (unpaired) electrons. The largest absolute Gasteiger partial charge is 0.494 e. The maximum Gasteiger partial charge on any atom is 0.328 e. The highest BCUT2D eigenvalue weighted by Gasteiger charge is 2.17. The van der Waals surface area contributed by atoms with Crippen LogP contribution >= 0.6 is 0 Å². The summed E-state index contributed by atoms with van der Waals surface area (Å²) in [6.45, 7) is 1.48. The molecule has 0 saturated heterocycles. The highest BCUT2D eigenvalue weighted by atomic mass is 19.1. The van der Waals surface area contributed by atoms with Crippen molar-refractivity contribution >= 4 is 11.9 Å². The van der Waals surface area contributed by atoms with Crippen molar-refractivity contribution in [3.8, 4) is 5.75 Å². The number of amides is 1. The van der Waals surface area contributed by atoms with Gasteiger partial charge in [0.2, 0.25) is 0 Å². The topological polar surface area (TPSA) is 64.6 Å². The molecule has 0 heterocycles. The van der Waals surface area contributed by atoms with E-state index < -0.39 is 23.7 Å². The highest BCUT2D eigenvalue weighted by Crippen LogP contribution is 2.17. The number of hydrogen-bond acceptors (Lipinski definition) is 4. The van der Waals surface area contributed by atoms with E-state index in [0.29, 0.717) is 0 Å². The van der Waals surface area contributed by atoms with E-state index in [-0.39, 0.29) is 11.3 Å². The second-order valence-corrected chi connectivity index (χ2v) is 3.57. The van der Waals surface area contributed by atoms with Gasteiger partial charge in [-0.25, -0.2) is 9.18 Å². The van der Waals surface area contributed by atoms with E-state index >= 15 is 0 Å². The van der Waals surface area contributed by atoms with Crippen LogP contribution in [0.25, 0.3) is 0 Å². The summed E-state index contributed by atoms with van der Waals surface area (Å²) in [5.41, 5.74) is 0.101. The Morgan fingerprint density at radius 1 is 1.33 bits per heavy atom. The molecule has 1 atom stereocenters. The Bertz CT molecular complexity index is 461. The van der Waals surface area contributed by atoms with Crippen LogP contribution in [0.5, 0.6) is 5.75 Å². The summed E-state index contributed by atoms with van der Waals surface area (Å²) in [5.74, 6) is -1.73. The predicted octanol–water partition coefficient (Wildman–Crippen LogP) is 1.13. The summed E-state index contributed by atoms with van der Waals surface area (Å²) in [7, 11) is 2.55. The smallest absolute Gasteiger partial charge is 0.328 e. The minimum atomic E-state index is -0.798. The maximum absolute atomic E-state index is 13.4. The Morgan fingerprint density at radius 2 is 2.00 bits per heavy atom. The molecular weight excluding hydrogens is 241 g/mol. The van der Waals surface area contributed by atoms with Gasteiger partial charge in [0, 0.05) is 5.56 Å². The standard InChI is InChI=1S/C12H14FNO4/c1-7(12(16)18-3)14-11(15)8-4-5-10(17-2)9(13)6-8/h4-7H,1-3H3,(H,14,15). The van der Waals surface area contributed by atoms with Gasteiger partial charge in [0.05, 0.1) is 14.2 Å². The van der Waals surface area contributed by atoms with Gasteiger partial charge in [-0.1, -0.05) is 0 Å². The predicted molar refractivity (Wildman–Crippen MR) is 61.9 cm³/mol. The van der Waals surface area contributed by atoms with Gasteiger partial charge in [0.1, 0.15) is 6.04 Å².